The highest BCUT2D eigenvalue weighted by atomic mass is 16.3. The first-order valence-electron chi connectivity index (χ1n) is 5.23. The molecule has 1 fully saturated rings. The number of hydrogen-bond donors (Lipinski definition) is 3. The fraction of sp³-hybridized carbons (Fsp3) is 0.900. The molecule has 1 saturated carbocycles. The summed E-state index contributed by atoms with van der Waals surface area (Å²) in [5.41, 5.74) is -0.172. The third kappa shape index (κ3) is 2.96. The molecule has 0 unspecified atom stereocenters. The van der Waals surface area contributed by atoms with Gasteiger partial charge in [0.1, 0.15) is 0 Å². The summed E-state index contributed by atoms with van der Waals surface area (Å²) in [5.74, 6) is -0.000255. The van der Waals surface area contributed by atoms with Crippen LogP contribution in [0, 0.1) is 0 Å². The molecule has 3 N–H and O–H groups in total. The average molecular weight is 200 g/mol. The van der Waals surface area contributed by atoms with Crippen molar-refractivity contribution in [1.82, 2.24) is 10.6 Å². The molecule has 0 aromatic carbocycles. The van der Waals surface area contributed by atoms with Crippen molar-refractivity contribution in [2.45, 2.75) is 44.7 Å². The van der Waals surface area contributed by atoms with Crippen molar-refractivity contribution in [3.63, 3.8) is 0 Å². The van der Waals surface area contributed by atoms with Crippen LogP contribution in [0.3, 0.4) is 0 Å². The van der Waals surface area contributed by atoms with Gasteiger partial charge in [0.15, 0.2) is 0 Å². The molecule has 0 atom stereocenters. The maximum absolute atomic E-state index is 11.3. The van der Waals surface area contributed by atoms with Crippen molar-refractivity contribution in [3.05, 3.63) is 0 Å². The van der Waals surface area contributed by atoms with Crippen LogP contribution in [0.1, 0.15) is 33.1 Å². The Labute approximate surface area is 85.1 Å². The lowest BCUT2D eigenvalue weighted by atomic mass is 9.77. The number of aliphatic hydroxyl groups is 1. The maximum atomic E-state index is 11.3. The van der Waals surface area contributed by atoms with Gasteiger partial charge in [0.05, 0.1) is 13.2 Å². The van der Waals surface area contributed by atoms with Crippen LogP contribution in [0.4, 0.5) is 0 Å². The summed E-state index contributed by atoms with van der Waals surface area (Å²) in [6, 6.07) is 0.177. The number of nitrogens with one attached hydrogen (secondary N) is 2. The molecule has 0 aromatic heterocycles. The Morgan fingerprint density at radius 1 is 1.50 bits per heavy atom. The average Bonchev–Trinajstić information content (AvgIpc) is 2.01. The SMILES string of the molecule is CC(C)NC(=O)CNC1(CO)CCC1. The van der Waals surface area contributed by atoms with Gasteiger partial charge < -0.3 is 15.7 Å². The first-order chi connectivity index (χ1) is 6.58. The fourth-order valence-electron chi connectivity index (χ4n) is 1.64. The molecule has 0 aliphatic heterocycles. The van der Waals surface area contributed by atoms with E-state index < -0.39 is 0 Å². The smallest absolute Gasteiger partial charge is 0.234 e. The minimum absolute atomic E-state index is 0.000255. The molecule has 82 valence electrons. The topological polar surface area (TPSA) is 61.4 Å². The van der Waals surface area contributed by atoms with Gasteiger partial charge in [0, 0.05) is 11.6 Å². The first kappa shape index (κ1) is 11.5. The predicted molar refractivity (Wildman–Crippen MR) is 54.9 cm³/mol. The van der Waals surface area contributed by atoms with Gasteiger partial charge in [-0.3, -0.25) is 4.79 Å². The maximum Gasteiger partial charge on any atom is 0.234 e. The molecule has 14 heavy (non-hydrogen) atoms. The van der Waals surface area contributed by atoms with Crippen LogP contribution < -0.4 is 10.6 Å². The highest BCUT2D eigenvalue weighted by Gasteiger charge is 2.35. The number of hydrogen-bond acceptors (Lipinski definition) is 3. The molecule has 1 aliphatic carbocycles. The van der Waals surface area contributed by atoms with Gasteiger partial charge in [-0.1, -0.05) is 0 Å². The Hall–Kier alpha value is -0.610. The van der Waals surface area contributed by atoms with E-state index in [4.69, 9.17) is 5.11 Å². The van der Waals surface area contributed by atoms with E-state index in [2.05, 4.69) is 10.6 Å². The molecule has 1 aliphatic rings. The lowest BCUT2D eigenvalue weighted by Gasteiger charge is -2.41. The largest absolute Gasteiger partial charge is 0.394 e. The molecule has 0 bridgehead atoms. The molecule has 0 radical (unpaired) electrons. The van der Waals surface area contributed by atoms with E-state index in [-0.39, 0.29) is 24.1 Å². The molecule has 0 aromatic rings. The van der Waals surface area contributed by atoms with Gasteiger partial charge in [-0.15, -0.1) is 0 Å². The summed E-state index contributed by atoms with van der Waals surface area (Å²) in [6.07, 6.45) is 3.08. The highest BCUT2D eigenvalue weighted by molar-refractivity contribution is 5.78. The number of carbonyl (C=O) groups is 1. The van der Waals surface area contributed by atoms with E-state index >= 15 is 0 Å². The van der Waals surface area contributed by atoms with Crippen molar-refractivity contribution < 1.29 is 9.90 Å². The van der Waals surface area contributed by atoms with E-state index in [1.807, 2.05) is 13.8 Å². The highest BCUT2D eigenvalue weighted by Crippen LogP contribution is 2.30. The van der Waals surface area contributed by atoms with Crippen LogP contribution in [-0.2, 0) is 4.79 Å². The van der Waals surface area contributed by atoms with Crippen molar-refractivity contribution >= 4 is 5.91 Å². The standard InChI is InChI=1S/C10H20N2O2/c1-8(2)12-9(14)6-11-10(7-13)4-3-5-10/h8,11,13H,3-7H2,1-2H3,(H,12,14). The molecule has 1 amide bonds. The molecule has 4 heteroatoms. The second-order valence-electron chi connectivity index (χ2n) is 4.37. The summed E-state index contributed by atoms with van der Waals surface area (Å²) in [6.45, 7) is 4.30. The van der Waals surface area contributed by atoms with Crippen LogP contribution in [0.25, 0.3) is 0 Å². The second kappa shape index (κ2) is 4.75. The quantitative estimate of drug-likeness (QED) is 0.586. The monoisotopic (exact) mass is 200 g/mol. The zero-order chi connectivity index (χ0) is 10.6. The zero-order valence-electron chi connectivity index (χ0n) is 8.97. The van der Waals surface area contributed by atoms with E-state index in [1.165, 1.54) is 0 Å². The number of rotatable bonds is 5. The minimum Gasteiger partial charge on any atom is -0.394 e. The van der Waals surface area contributed by atoms with Crippen molar-refractivity contribution in [2.24, 2.45) is 0 Å². The Kier molecular flexibility index (Phi) is 3.89. The first-order valence-corrected chi connectivity index (χ1v) is 5.23. The summed E-state index contributed by atoms with van der Waals surface area (Å²) in [7, 11) is 0. The van der Waals surface area contributed by atoms with E-state index in [1.54, 1.807) is 0 Å². The van der Waals surface area contributed by atoms with Crippen LogP contribution in [0.15, 0.2) is 0 Å². The van der Waals surface area contributed by atoms with Crippen molar-refractivity contribution in [1.29, 1.82) is 0 Å². The summed E-state index contributed by atoms with van der Waals surface area (Å²) in [4.78, 5) is 11.3. The minimum atomic E-state index is -0.172. The van der Waals surface area contributed by atoms with E-state index in [0.29, 0.717) is 6.54 Å². The lowest BCUT2D eigenvalue weighted by molar-refractivity contribution is -0.121. The Morgan fingerprint density at radius 3 is 2.50 bits per heavy atom. The van der Waals surface area contributed by atoms with Gasteiger partial charge in [-0.25, -0.2) is 0 Å². The third-order valence-electron chi connectivity index (χ3n) is 2.69. The van der Waals surface area contributed by atoms with Gasteiger partial charge in [-0.2, -0.15) is 0 Å². The number of amides is 1. The Morgan fingerprint density at radius 2 is 2.14 bits per heavy atom. The predicted octanol–water partition coefficient (Wildman–Crippen LogP) is 0.0156. The normalized spacial score (nSPS) is 19.1. The van der Waals surface area contributed by atoms with Gasteiger partial charge >= 0.3 is 0 Å². The van der Waals surface area contributed by atoms with E-state index in [9.17, 15) is 4.79 Å². The molecule has 0 spiro atoms. The Balaban J connectivity index is 2.22. The second-order valence-corrected chi connectivity index (χ2v) is 4.37. The lowest BCUT2D eigenvalue weighted by Crippen LogP contribution is -2.56. The van der Waals surface area contributed by atoms with Crippen LogP contribution in [0.2, 0.25) is 0 Å². The van der Waals surface area contributed by atoms with Gasteiger partial charge in [-0.05, 0) is 33.1 Å². The molecule has 4 nitrogen and oxygen atoms in total. The van der Waals surface area contributed by atoms with Crippen molar-refractivity contribution in [3.8, 4) is 0 Å². The molecule has 0 saturated heterocycles. The molecule has 0 heterocycles. The fourth-order valence-corrected chi connectivity index (χ4v) is 1.64. The summed E-state index contributed by atoms with van der Waals surface area (Å²) in [5, 5.41) is 15.1. The van der Waals surface area contributed by atoms with E-state index in [0.717, 1.165) is 19.3 Å². The van der Waals surface area contributed by atoms with Crippen LogP contribution in [-0.4, -0.2) is 35.7 Å². The number of carbonyl (C=O) groups excluding carboxylic acids is 1. The van der Waals surface area contributed by atoms with Crippen molar-refractivity contribution in [2.75, 3.05) is 13.2 Å². The van der Waals surface area contributed by atoms with Crippen LogP contribution >= 0.6 is 0 Å². The summed E-state index contributed by atoms with van der Waals surface area (Å²) < 4.78 is 0. The number of aliphatic hydroxyl groups excluding tert-OH is 1. The van der Waals surface area contributed by atoms with Crippen LogP contribution in [0.5, 0.6) is 0 Å². The summed E-state index contributed by atoms with van der Waals surface area (Å²) >= 11 is 0. The molecular formula is C10H20N2O2. The zero-order valence-corrected chi connectivity index (χ0v) is 8.97. The molecule has 1 rings (SSSR count). The third-order valence-corrected chi connectivity index (χ3v) is 2.69. The van der Waals surface area contributed by atoms with Gasteiger partial charge in [0.2, 0.25) is 5.91 Å². The molecular weight excluding hydrogens is 180 g/mol. The van der Waals surface area contributed by atoms with Gasteiger partial charge in [0.25, 0.3) is 0 Å². The Bertz CT molecular complexity index is 195.